The third kappa shape index (κ3) is 6.49. The normalized spacial score (nSPS) is 21.9. The van der Waals surface area contributed by atoms with E-state index in [0.29, 0.717) is 37.3 Å². The Morgan fingerprint density at radius 1 is 1.13 bits per heavy atom. The van der Waals surface area contributed by atoms with Crippen LogP contribution in [0.25, 0.3) is 0 Å². The molecule has 0 atom stereocenters. The van der Waals surface area contributed by atoms with Gasteiger partial charge in [-0.25, -0.2) is 13.1 Å². The van der Waals surface area contributed by atoms with Crippen LogP contribution in [0, 0.1) is 0 Å². The lowest BCUT2D eigenvalue weighted by molar-refractivity contribution is -0.274. The molecule has 11 heteroatoms. The van der Waals surface area contributed by atoms with Crippen molar-refractivity contribution in [3.05, 3.63) is 59.1 Å². The number of ether oxygens (including phenoxy) is 1. The molecule has 172 valence electrons. The quantitative estimate of drug-likeness (QED) is 0.600. The van der Waals surface area contributed by atoms with Crippen molar-refractivity contribution in [3.63, 3.8) is 0 Å². The van der Waals surface area contributed by atoms with Crippen LogP contribution in [0.1, 0.15) is 31.2 Å². The lowest BCUT2D eigenvalue weighted by atomic mass is 9.68. The molecular weight excluding hydrogens is 476 g/mol. The second-order valence-electron chi connectivity index (χ2n) is 7.41. The van der Waals surface area contributed by atoms with E-state index in [9.17, 15) is 21.6 Å². The highest BCUT2D eigenvalue weighted by molar-refractivity contribution is 7.89. The Bertz CT molecular complexity index is 978. The minimum Gasteiger partial charge on any atom is -0.406 e. The maximum absolute atomic E-state index is 12.6. The van der Waals surface area contributed by atoms with Crippen LogP contribution in [0.15, 0.2) is 53.4 Å². The van der Waals surface area contributed by atoms with E-state index in [1.54, 1.807) is 6.07 Å². The van der Waals surface area contributed by atoms with Gasteiger partial charge in [0.15, 0.2) is 0 Å². The fraction of sp³-hybridized carbons (Fsp3) is 0.400. The van der Waals surface area contributed by atoms with Crippen molar-refractivity contribution < 1.29 is 26.3 Å². The van der Waals surface area contributed by atoms with E-state index < -0.39 is 22.1 Å². The van der Waals surface area contributed by atoms with Crippen molar-refractivity contribution in [3.8, 4) is 5.75 Å². The molecule has 0 aromatic heterocycles. The fourth-order valence-corrected chi connectivity index (χ4v) is 5.32. The Hall–Kier alpha value is -1.52. The highest BCUT2D eigenvalue weighted by Gasteiger charge is 2.37. The van der Waals surface area contributed by atoms with Gasteiger partial charge in [-0.1, -0.05) is 23.7 Å². The van der Waals surface area contributed by atoms with E-state index in [1.165, 1.54) is 0 Å². The minimum absolute atomic E-state index is 0. The molecule has 0 saturated heterocycles. The SMILES string of the molecule is Cl.NC[C@]1(c2cccc(Cl)c2)CC[C@H](NS(=O)(=O)c2ccc(OC(F)(F)F)cc2)CC1. The van der Waals surface area contributed by atoms with Crippen molar-refractivity contribution in [2.24, 2.45) is 5.73 Å². The zero-order valence-corrected chi connectivity index (χ0v) is 18.8. The zero-order chi connectivity index (χ0) is 22.0. The first-order valence-electron chi connectivity index (χ1n) is 9.37. The third-order valence-electron chi connectivity index (χ3n) is 5.46. The predicted octanol–water partition coefficient (Wildman–Crippen LogP) is 4.78. The Morgan fingerprint density at radius 3 is 2.26 bits per heavy atom. The first-order chi connectivity index (χ1) is 14.0. The van der Waals surface area contributed by atoms with E-state index in [0.717, 1.165) is 29.8 Å². The van der Waals surface area contributed by atoms with Crippen molar-refractivity contribution in [2.75, 3.05) is 6.54 Å². The molecule has 1 aliphatic rings. The Morgan fingerprint density at radius 2 is 1.74 bits per heavy atom. The van der Waals surface area contributed by atoms with Gasteiger partial charge in [-0.3, -0.25) is 0 Å². The molecule has 1 aliphatic carbocycles. The van der Waals surface area contributed by atoms with Crippen LogP contribution in [0.5, 0.6) is 5.75 Å². The monoisotopic (exact) mass is 498 g/mol. The summed E-state index contributed by atoms with van der Waals surface area (Å²) >= 11 is 6.11. The number of nitrogens with one attached hydrogen (secondary N) is 1. The van der Waals surface area contributed by atoms with Crippen molar-refractivity contribution in [1.29, 1.82) is 0 Å². The lowest BCUT2D eigenvalue weighted by Gasteiger charge is -2.40. The van der Waals surface area contributed by atoms with Gasteiger partial charge in [0.1, 0.15) is 5.75 Å². The molecule has 1 saturated carbocycles. The summed E-state index contributed by atoms with van der Waals surface area (Å²) in [6, 6.07) is 11.4. The maximum Gasteiger partial charge on any atom is 0.573 e. The molecule has 31 heavy (non-hydrogen) atoms. The molecule has 0 unspecified atom stereocenters. The van der Waals surface area contributed by atoms with Gasteiger partial charge in [-0.2, -0.15) is 0 Å². The molecule has 2 aromatic carbocycles. The topological polar surface area (TPSA) is 81.4 Å². The van der Waals surface area contributed by atoms with E-state index in [4.69, 9.17) is 17.3 Å². The zero-order valence-electron chi connectivity index (χ0n) is 16.4. The van der Waals surface area contributed by atoms with E-state index in [1.807, 2.05) is 18.2 Å². The summed E-state index contributed by atoms with van der Waals surface area (Å²) < 4.78 is 68.4. The third-order valence-corrected chi connectivity index (χ3v) is 7.23. The molecule has 3 N–H and O–H groups in total. The van der Waals surface area contributed by atoms with Gasteiger partial charge < -0.3 is 10.5 Å². The number of rotatable bonds is 6. The molecule has 5 nitrogen and oxygen atoms in total. The Balaban J connectivity index is 0.00000341. The summed E-state index contributed by atoms with van der Waals surface area (Å²) in [6.07, 6.45) is -2.29. The van der Waals surface area contributed by atoms with Crippen molar-refractivity contribution in [2.45, 2.75) is 48.4 Å². The largest absolute Gasteiger partial charge is 0.573 e. The summed E-state index contributed by atoms with van der Waals surface area (Å²) in [5, 5.41) is 0.626. The fourth-order valence-electron chi connectivity index (χ4n) is 3.83. The van der Waals surface area contributed by atoms with E-state index in [2.05, 4.69) is 9.46 Å². The summed E-state index contributed by atoms with van der Waals surface area (Å²) in [4.78, 5) is -0.123. The number of hydrogen-bond donors (Lipinski definition) is 2. The van der Waals surface area contributed by atoms with Crippen LogP contribution >= 0.6 is 24.0 Å². The van der Waals surface area contributed by atoms with Gasteiger partial charge in [-0.15, -0.1) is 25.6 Å². The molecule has 0 heterocycles. The van der Waals surface area contributed by atoms with Crippen LogP contribution in [-0.2, 0) is 15.4 Å². The van der Waals surface area contributed by atoms with Gasteiger partial charge in [0.2, 0.25) is 10.0 Å². The van der Waals surface area contributed by atoms with Crippen molar-refractivity contribution >= 4 is 34.0 Å². The predicted molar refractivity (Wildman–Crippen MR) is 115 cm³/mol. The minimum atomic E-state index is -4.83. The highest BCUT2D eigenvalue weighted by Crippen LogP contribution is 2.39. The Kier molecular flexibility index (Phi) is 8.27. The molecule has 0 radical (unpaired) electrons. The Labute approximate surface area is 190 Å². The molecular formula is C20H23Cl2F3N2O3S. The highest BCUT2D eigenvalue weighted by atomic mass is 35.5. The van der Waals surface area contributed by atoms with Gasteiger partial charge in [-0.05, 0) is 67.6 Å². The first kappa shape index (κ1) is 25.7. The molecule has 2 aromatic rings. The summed E-state index contributed by atoms with van der Waals surface area (Å²) in [5.74, 6) is -0.478. The second kappa shape index (κ2) is 9.95. The average molecular weight is 499 g/mol. The average Bonchev–Trinajstić information content (AvgIpc) is 2.68. The lowest BCUT2D eigenvalue weighted by Crippen LogP contribution is -2.45. The molecule has 0 spiro atoms. The number of sulfonamides is 1. The second-order valence-corrected chi connectivity index (χ2v) is 9.56. The van der Waals surface area contributed by atoms with Gasteiger partial charge >= 0.3 is 6.36 Å². The van der Waals surface area contributed by atoms with Gasteiger partial charge in [0, 0.05) is 23.0 Å². The van der Waals surface area contributed by atoms with E-state index >= 15 is 0 Å². The number of halogens is 5. The van der Waals surface area contributed by atoms with Gasteiger partial charge in [0.25, 0.3) is 0 Å². The number of alkyl halides is 3. The van der Waals surface area contributed by atoms with Crippen LogP contribution in [0.3, 0.4) is 0 Å². The smallest absolute Gasteiger partial charge is 0.406 e. The number of benzene rings is 2. The summed E-state index contributed by atoms with van der Waals surface area (Å²) in [7, 11) is -3.87. The van der Waals surface area contributed by atoms with Crippen LogP contribution in [-0.4, -0.2) is 27.4 Å². The standard InChI is InChI=1S/C20H22ClF3N2O3S.ClH/c21-15-3-1-2-14(12-15)19(13-25)10-8-16(9-11-19)26-30(27,28)18-6-4-17(5-7-18)29-20(22,23)24;/h1-7,12,16,26H,8-11,13,25H2;1H/t16-,19-;. The summed E-state index contributed by atoms with van der Waals surface area (Å²) in [6.45, 7) is 0.424. The molecule has 1 fully saturated rings. The molecule has 3 rings (SSSR count). The number of nitrogens with two attached hydrogens (primary N) is 1. The van der Waals surface area contributed by atoms with Crippen LogP contribution < -0.4 is 15.2 Å². The van der Waals surface area contributed by atoms with Crippen molar-refractivity contribution in [1.82, 2.24) is 4.72 Å². The summed E-state index contributed by atoms with van der Waals surface area (Å²) in [5.41, 5.74) is 6.85. The van der Waals surface area contributed by atoms with Crippen LogP contribution in [0.2, 0.25) is 5.02 Å². The molecule has 0 amide bonds. The first-order valence-corrected chi connectivity index (χ1v) is 11.2. The van der Waals surface area contributed by atoms with Gasteiger partial charge in [0.05, 0.1) is 4.90 Å². The number of hydrogen-bond acceptors (Lipinski definition) is 4. The molecule has 0 aliphatic heterocycles. The van der Waals surface area contributed by atoms with Crippen LogP contribution in [0.4, 0.5) is 13.2 Å². The van der Waals surface area contributed by atoms with E-state index in [-0.39, 0.29) is 28.8 Å². The maximum atomic E-state index is 12.6. The molecule has 0 bridgehead atoms.